The fraction of sp³-hybridized carbons (Fsp3) is 1.00. The number of hydrogen-bond acceptors (Lipinski definition) is 3. The third-order valence-electron chi connectivity index (χ3n) is 4.99. The number of hydrogen-bond donors (Lipinski definition) is 1. The van der Waals surface area contributed by atoms with Gasteiger partial charge in [0.15, 0.2) is 0 Å². The Balaban J connectivity index is 2.67. The van der Waals surface area contributed by atoms with Crippen LogP contribution in [0.1, 0.15) is 52.9 Å². The van der Waals surface area contributed by atoms with E-state index in [0.717, 1.165) is 13.2 Å². The molecule has 0 atom stereocenters. The highest BCUT2D eigenvalue weighted by Crippen LogP contribution is 2.34. The van der Waals surface area contributed by atoms with Crippen molar-refractivity contribution in [1.29, 1.82) is 0 Å². The highest BCUT2D eigenvalue weighted by Gasteiger charge is 2.33. The van der Waals surface area contributed by atoms with E-state index in [1.54, 1.807) is 0 Å². The van der Waals surface area contributed by atoms with Gasteiger partial charge in [0.2, 0.25) is 0 Å². The first-order chi connectivity index (χ1) is 9.21. The van der Waals surface area contributed by atoms with Crippen LogP contribution in [0.25, 0.3) is 0 Å². The molecule has 0 aromatic carbocycles. The van der Waals surface area contributed by atoms with Crippen molar-refractivity contribution in [3.05, 3.63) is 0 Å². The van der Waals surface area contributed by atoms with Gasteiger partial charge in [0, 0.05) is 26.2 Å². The molecule has 0 aromatic rings. The van der Waals surface area contributed by atoms with Gasteiger partial charge in [-0.05, 0) is 50.6 Å². The molecule has 0 aliphatic carbocycles. The smallest absolute Gasteiger partial charge is 0.0589 e. The molecule has 0 amide bonds. The molecule has 0 radical (unpaired) electrons. The Labute approximate surface area is 120 Å². The molecule has 0 spiro atoms. The van der Waals surface area contributed by atoms with Crippen LogP contribution in [-0.2, 0) is 4.74 Å². The van der Waals surface area contributed by atoms with Gasteiger partial charge in [-0.25, -0.2) is 0 Å². The van der Waals surface area contributed by atoms with E-state index in [1.807, 2.05) is 7.11 Å². The summed E-state index contributed by atoms with van der Waals surface area (Å²) in [6.45, 7) is 12.6. The fourth-order valence-electron chi connectivity index (χ4n) is 3.42. The minimum Gasteiger partial charge on any atom is -0.383 e. The maximum absolute atomic E-state index is 5.31. The van der Waals surface area contributed by atoms with Gasteiger partial charge in [0.1, 0.15) is 0 Å². The molecule has 3 heteroatoms. The highest BCUT2D eigenvalue weighted by molar-refractivity contribution is 4.88. The van der Waals surface area contributed by atoms with Crippen molar-refractivity contribution < 1.29 is 4.74 Å². The standard InChI is InChI=1S/C16H34N2O/c1-5-15(6-2)18(12-13-19-4)14-16(7-3)8-10-17-11-9-16/h15,17H,5-14H2,1-4H3. The summed E-state index contributed by atoms with van der Waals surface area (Å²) in [5, 5.41) is 3.50. The first-order valence-corrected chi connectivity index (χ1v) is 8.15. The fourth-order valence-corrected chi connectivity index (χ4v) is 3.42. The van der Waals surface area contributed by atoms with Crippen LogP contribution in [0.4, 0.5) is 0 Å². The van der Waals surface area contributed by atoms with Crippen LogP contribution in [0.15, 0.2) is 0 Å². The summed E-state index contributed by atoms with van der Waals surface area (Å²) in [4.78, 5) is 2.69. The Morgan fingerprint density at radius 1 is 1.16 bits per heavy atom. The number of methoxy groups -OCH3 is 1. The zero-order chi connectivity index (χ0) is 14.1. The van der Waals surface area contributed by atoms with Gasteiger partial charge in [-0.1, -0.05) is 20.8 Å². The van der Waals surface area contributed by atoms with Crippen molar-refractivity contribution in [3.8, 4) is 0 Å². The van der Waals surface area contributed by atoms with Crippen LogP contribution in [-0.4, -0.2) is 50.8 Å². The third-order valence-corrected chi connectivity index (χ3v) is 4.99. The van der Waals surface area contributed by atoms with Gasteiger partial charge in [-0.2, -0.15) is 0 Å². The van der Waals surface area contributed by atoms with E-state index in [-0.39, 0.29) is 0 Å². The van der Waals surface area contributed by atoms with Gasteiger partial charge >= 0.3 is 0 Å². The Kier molecular flexibility index (Phi) is 7.96. The first-order valence-electron chi connectivity index (χ1n) is 8.15. The molecule has 1 fully saturated rings. The van der Waals surface area contributed by atoms with E-state index in [0.29, 0.717) is 11.5 Å². The van der Waals surface area contributed by atoms with Crippen molar-refractivity contribution in [2.75, 3.05) is 39.9 Å². The molecule has 1 N–H and O–H groups in total. The average molecular weight is 270 g/mol. The number of ether oxygens (including phenoxy) is 1. The predicted molar refractivity (Wildman–Crippen MR) is 82.6 cm³/mol. The molecule has 1 aliphatic heterocycles. The van der Waals surface area contributed by atoms with Crippen molar-refractivity contribution in [1.82, 2.24) is 10.2 Å². The average Bonchev–Trinajstić information content (AvgIpc) is 2.46. The number of piperidine rings is 1. The molecule has 3 nitrogen and oxygen atoms in total. The van der Waals surface area contributed by atoms with Crippen molar-refractivity contribution >= 4 is 0 Å². The molecule has 114 valence electrons. The van der Waals surface area contributed by atoms with Gasteiger partial charge in [0.25, 0.3) is 0 Å². The molecule has 0 bridgehead atoms. The van der Waals surface area contributed by atoms with Crippen LogP contribution in [0.5, 0.6) is 0 Å². The summed E-state index contributed by atoms with van der Waals surface area (Å²) in [7, 11) is 1.81. The van der Waals surface area contributed by atoms with E-state index in [9.17, 15) is 0 Å². The Hall–Kier alpha value is -0.120. The topological polar surface area (TPSA) is 24.5 Å². The maximum atomic E-state index is 5.31. The second-order valence-electron chi connectivity index (χ2n) is 6.04. The van der Waals surface area contributed by atoms with Gasteiger partial charge in [-0.15, -0.1) is 0 Å². The largest absolute Gasteiger partial charge is 0.383 e. The first kappa shape index (κ1) is 16.9. The van der Waals surface area contributed by atoms with Gasteiger partial charge < -0.3 is 10.1 Å². The van der Waals surface area contributed by atoms with Gasteiger partial charge in [0.05, 0.1) is 6.61 Å². The number of nitrogens with one attached hydrogen (secondary N) is 1. The van der Waals surface area contributed by atoms with E-state index >= 15 is 0 Å². The lowest BCUT2D eigenvalue weighted by Crippen LogP contribution is -2.48. The molecule has 0 saturated carbocycles. The zero-order valence-electron chi connectivity index (χ0n) is 13.5. The second-order valence-corrected chi connectivity index (χ2v) is 6.04. The molecule has 0 unspecified atom stereocenters. The van der Waals surface area contributed by atoms with E-state index in [4.69, 9.17) is 4.74 Å². The summed E-state index contributed by atoms with van der Waals surface area (Å²) in [5.41, 5.74) is 0.529. The van der Waals surface area contributed by atoms with Crippen LogP contribution < -0.4 is 5.32 Å². The lowest BCUT2D eigenvalue weighted by atomic mass is 9.76. The maximum Gasteiger partial charge on any atom is 0.0589 e. The number of rotatable bonds is 9. The predicted octanol–water partition coefficient (Wildman–Crippen LogP) is 2.90. The van der Waals surface area contributed by atoms with Crippen LogP contribution in [0.3, 0.4) is 0 Å². The molecule has 1 rings (SSSR count). The summed E-state index contributed by atoms with van der Waals surface area (Å²) in [5.74, 6) is 0. The molecule has 19 heavy (non-hydrogen) atoms. The van der Waals surface area contributed by atoms with E-state index in [1.165, 1.54) is 51.7 Å². The highest BCUT2D eigenvalue weighted by atomic mass is 16.5. The van der Waals surface area contributed by atoms with Crippen LogP contribution in [0.2, 0.25) is 0 Å². The Bertz CT molecular complexity index is 223. The molecular weight excluding hydrogens is 236 g/mol. The van der Waals surface area contributed by atoms with Crippen LogP contribution in [0, 0.1) is 5.41 Å². The van der Waals surface area contributed by atoms with Gasteiger partial charge in [-0.3, -0.25) is 4.90 Å². The number of nitrogens with zero attached hydrogens (tertiary/aromatic N) is 1. The van der Waals surface area contributed by atoms with E-state index in [2.05, 4.69) is 31.0 Å². The summed E-state index contributed by atoms with van der Waals surface area (Å²) in [6, 6.07) is 0.716. The summed E-state index contributed by atoms with van der Waals surface area (Å²) >= 11 is 0. The van der Waals surface area contributed by atoms with Crippen LogP contribution >= 0.6 is 0 Å². The van der Waals surface area contributed by atoms with Crippen molar-refractivity contribution in [3.63, 3.8) is 0 Å². The summed E-state index contributed by atoms with van der Waals surface area (Å²) < 4.78 is 5.31. The quantitative estimate of drug-likeness (QED) is 0.697. The van der Waals surface area contributed by atoms with Crippen molar-refractivity contribution in [2.45, 2.75) is 58.9 Å². The summed E-state index contributed by atoms with van der Waals surface area (Å²) in [6.07, 6.45) is 6.45. The minimum atomic E-state index is 0.529. The lowest BCUT2D eigenvalue weighted by molar-refractivity contribution is 0.0516. The second kappa shape index (κ2) is 8.93. The minimum absolute atomic E-state index is 0.529. The normalized spacial score (nSPS) is 19.3. The molecule has 1 heterocycles. The zero-order valence-corrected chi connectivity index (χ0v) is 13.5. The Morgan fingerprint density at radius 3 is 2.26 bits per heavy atom. The molecular formula is C16H34N2O. The molecule has 1 saturated heterocycles. The van der Waals surface area contributed by atoms with E-state index < -0.39 is 0 Å². The SMILES string of the molecule is CCC(CC)N(CCOC)CC1(CC)CCNCC1. The lowest BCUT2D eigenvalue weighted by Gasteiger charge is -2.43. The van der Waals surface area contributed by atoms with Crippen molar-refractivity contribution in [2.24, 2.45) is 5.41 Å². The molecule has 0 aromatic heterocycles. The Morgan fingerprint density at radius 2 is 1.79 bits per heavy atom. The third kappa shape index (κ3) is 5.05. The monoisotopic (exact) mass is 270 g/mol. The molecule has 1 aliphatic rings.